The average molecular weight is 329 g/mol. The van der Waals surface area contributed by atoms with E-state index in [0.29, 0.717) is 6.20 Å². The van der Waals surface area contributed by atoms with Gasteiger partial charge in [0.1, 0.15) is 11.4 Å². The summed E-state index contributed by atoms with van der Waals surface area (Å²) in [6, 6.07) is 2.69. The molecule has 0 aliphatic carbocycles. The number of nitrogens with one attached hydrogen (secondary N) is 1. The average Bonchev–Trinajstić information content (AvgIpc) is 2.87. The van der Waals surface area contributed by atoms with Crippen LogP contribution in [0.25, 0.3) is 11.0 Å². The van der Waals surface area contributed by atoms with Crippen LogP contribution in [0.15, 0.2) is 30.6 Å². The zero-order valence-corrected chi connectivity index (χ0v) is 11.2. The van der Waals surface area contributed by atoms with E-state index in [4.69, 9.17) is 10.5 Å². The quantitative estimate of drug-likeness (QED) is 0.546. The Morgan fingerprint density at radius 1 is 1.13 bits per heavy atom. The second-order valence-corrected chi connectivity index (χ2v) is 4.65. The van der Waals surface area contributed by atoms with Gasteiger partial charge in [-0.25, -0.2) is 13.8 Å². The minimum absolute atomic E-state index is 0.119. The summed E-state index contributed by atoms with van der Waals surface area (Å²) in [7, 11) is 0. The van der Waals surface area contributed by atoms with Crippen LogP contribution < -0.4 is 10.5 Å². The highest BCUT2D eigenvalue weighted by Gasteiger charge is 2.35. The second-order valence-electron chi connectivity index (χ2n) is 4.65. The molecular weight excluding hydrogens is 321 g/mol. The predicted molar refractivity (Wildman–Crippen MR) is 71.9 cm³/mol. The Kier molecular flexibility index (Phi) is 3.35. The normalized spacial score (nSPS) is 11.9. The fourth-order valence-corrected chi connectivity index (χ4v) is 2.12. The number of nitrogens with two attached hydrogens (primary N) is 1. The number of aromatic nitrogens is 2. The van der Waals surface area contributed by atoms with E-state index in [1.807, 2.05) is 0 Å². The lowest BCUT2D eigenvalue weighted by molar-refractivity contribution is -0.136. The van der Waals surface area contributed by atoms with Crippen LogP contribution in [0.4, 0.5) is 27.6 Å². The lowest BCUT2D eigenvalue weighted by Gasteiger charge is -2.11. The highest BCUT2D eigenvalue weighted by Crippen LogP contribution is 2.40. The maximum Gasteiger partial charge on any atom is 0.418 e. The second kappa shape index (κ2) is 5.11. The molecule has 0 saturated heterocycles. The third-order valence-corrected chi connectivity index (χ3v) is 3.07. The molecule has 3 rings (SSSR count). The molecule has 0 saturated carbocycles. The first kappa shape index (κ1) is 15.1. The number of fused-ring (bicyclic) bond motifs is 1. The van der Waals surface area contributed by atoms with Gasteiger partial charge in [-0.15, -0.1) is 0 Å². The van der Waals surface area contributed by atoms with Gasteiger partial charge < -0.3 is 15.5 Å². The number of hydrogen-bond donors (Lipinski definition) is 2. The standard InChI is InChI=1S/C14H8F5N3O/c15-8-3-6(20)4-9(16)12(8)23-10-1-2-21-13-11(10)7(5-22-13)14(17,18)19/h1-5H,20H2,(H,21,22). The molecule has 2 heterocycles. The first-order valence-corrected chi connectivity index (χ1v) is 6.23. The van der Waals surface area contributed by atoms with Crippen LogP contribution in [-0.2, 0) is 6.18 Å². The Balaban J connectivity index is 2.16. The number of anilines is 1. The van der Waals surface area contributed by atoms with Gasteiger partial charge >= 0.3 is 6.18 Å². The molecule has 1 aromatic carbocycles. The van der Waals surface area contributed by atoms with E-state index in [-0.39, 0.29) is 17.1 Å². The smallest absolute Gasteiger partial charge is 0.418 e. The first-order valence-electron chi connectivity index (χ1n) is 6.23. The fraction of sp³-hybridized carbons (Fsp3) is 0.0714. The minimum Gasteiger partial charge on any atom is -0.450 e. The number of aromatic amines is 1. The maximum absolute atomic E-state index is 13.8. The third-order valence-electron chi connectivity index (χ3n) is 3.07. The van der Waals surface area contributed by atoms with Crippen LogP contribution in [0.2, 0.25) is 0 Å². The maximum atomic E-state index is 13.8. The van der Waals surface area contributed by atoms with E-state index >= 15 is 0 Å². The summed E-state index contributed by atoms with van der Waals surface area (Å²) < 4.78 is 71.6. The lowest BCUT2D eigenvalue weighted by Crippen LogP contribution is -2.04. The molecule has 0 atom stereocenters. The van der Waals surface area contributed by atoms with E-state index in [1.54, 1.807) is 0 Å². The first-order chi connectivity index (χ1) is 10.8. The predicted octanol–water partition coefficient (Wildman–Crippen LogP) is 4.23. The van der Waals surface area contributed by atoms with Crippen molar-refractivity contribution in [2.75, 3.05) is 5.73 Å². The van der Waals surface area contributed by atoms with Gasteiger partial charge in [-0.3, -0.25) is 0 Å². The number of rotatable bonds is 2. The van der Waals surface area contributed by atoms with Crippen molar-refractivity contribution < 1.29 is 26.7 Å². The van der Waals surface area contributed by atoms with E-state index < -0.39 is 34.5 Å². The van der Waals surface area contributed by atoms with Gasteiger partial charge in [0.2, 0.25) is 0 Å². The number of alkyl halides is 3. The largest absolute Gasteiger partial charge is 0.450 e. The topological polar surface area (TPSA) is 63.9 Å². The number of hydrogen-bond acceptors (Lipinski definition) is 3. The third kappa shape index (κ3) is 2.65. The van der Waals surface area contributed by atoms with Crippen LogP contribution in [0.3, 0.4) is 0 Å². The Morgan fingerprint density at radius 2 is 1.78 bits per heavy atom. The highest BCUT2D eigenvalue weighted by atomic mass is 19.4. The summed E-state index contributed by atoms with van der Waals surface area (Å²) in [5.41, 5.74) is 3.93. The van der Waals surface area contributed by atoms with Gasteiger partial charge in [-0.2, -0.15) is 13.2 Å². The molecule has 0 bridgehead atoms. The minimum atomic E-state index is -4.68. The van der Waals surface area contributed by atoms with Crippen molar-refractivity contribution in [1.29, 1.82) is 0 Å². The van der Waals surface area contributed by atoms with Gasteiger partial charge in [-0.05, 0) is 6.07 Å². The number of ether oxygens (including phenoxy) is 1. The molecule has 0 fully saturated rings. The Hall–Kier alpha value is -2.84. The molecule has 0 amide bonds. The van der Waals surface area contributed by atoms with Crippen LogP contribution in [-0.4, -0.2) is 9.97 Å². The number of halogens is 5. The summed E-state index contributed by atoms with van der Waals surface area (Å²) in [5, 5.41) is -0.421. The molecule has 3 N–H and O–H groups in total. The van der Waals surface area contributed by atoms with Crippen LogP contribution in [0, 0.1) is 11.6 Å². The Bertz CT molecular complexity index is 865. The number of pyridine rings is 1. The molecule has 0 aliphatic rings. The molecule has 0 radical (unpaired) electrons. The van der Waals surface area contributed by atoms with Crippen molar-refractivity contribution in [2.24, 2.45) is 0 Å². The molecule has 23 heavy (non-hydrogen) atoms. The van der Waals surface area contributed by atoms with Gasteiger partial charge in [0, 0.05) is 30.2 Å². The summed E-state index contributed by atoms with van der Waals surface area (Å²) in [6.07, 6.45) is -2.82. The molecule has 0 spiro atoms. The molecule has 9 heteroatoms. The van der Waals surface area contributed by atoms with Crippen molar-refractivity contribution in [3.05, 3.63) is 47.8 Å². The van der Waals surface area contributed by atoms with Crippen LogP contribution in [0.1, 0.15) is 5.56 Å². The van der Waals surface area contributed by atoms with Gasteiger partial charge in [0.05, 0.1) is 10.9 Å². The van der Waals surface area contributed by atoms with Gasteiger partial charge in [-0.1, -0.05) is 0 Å². The molecule has 0 unspecified atom stereocenters. The van der Waals surface area contributed by atoms with Crippen molar-refractivity contribution in [2.45, 2.75) is 6.18 Å². The molecule has 3 aromatic rings. The van der Waals surface area contributed by atoms with E-state index in [1.165, 1.54) is 0 Å². The summed E-state index contributed by atoms with van der Waals surface area (Å²) in [5.74, 6) is -3.49. The Morgan fingerprint density at radius 3 is 2.39 bits per heavy atom. The van der Waals surface area contributed by atoms with Crippen molar-refractivity contribution >= 4 is 16.7 Å². The Labute approximate surface area is 125 Å². The summed E-state index contributed by atoms with van der Waals surface area (Å²) in [6.45, 7) is 0. The van der Waals surface area contributed by atoms with Crippen LogP contribution >= 0.6 is 0 Å². The molecular formula is C14H8F5N3O. The number of nitrogen functional groups attached to an aromatic ring is 1. The molecule has 0 aliphatic heterocycles. The zero-order valence-electron chi connectivity index (χ0n) is 11.2. The monoisotopic (exact) mass is 329 g/mol. The fourth-order valence-electron chi connectivity index (χ4n) is 2.12. The highest BCUT2D eigenvalue weighted by molar-refractivity contribution is 5.87. The zero-order chi connectivity index (χ0) is 16.8. The summed E-state index contributed by atoms with van der Waals surface area (Å²) in [4.78, 5) is 6.07. The summed E-state index contributed by atoms with van der Waals surface area (Å²) >= 11 is 0. The van der Waals surface area contributed by atoms with Crippen molar-refractivity contribution in [1.82, 2.24) is 9.97 Å². The van der Waals surface area contributed by atoms with Crippen molar-refractivity contribution in [3.8, 4) is 11.5 Å². The van der Waals surface area contributed by atoms with E-state index in [9.17, 15) is 22.0 Å². The van der Waals surface area contributed by atoms with E-state index in [0.717, 1.165) is 24.4 Å². The number of nitrogens with zero attached hydrogens (tertiary/aromatic N) is 1. The molecule has 2 aromatic heterocycles. The van der Waals surface area contributed by atoms with Gasteiger partial charge in [0.15, 0.2) is 17.4 Å². The molecule has 120 valence electrons. The number of benzene rings is 1. The molecule has 4 nitrogen and oxygen atoms in total. The van der Waals surface area contributed by atoms with Gasteiger partial charge in [0.25, 0.3) is 0 Å². The van der Waals surface area contributed by atoms with Crippen LogP contribution in [0.5, 0.6) is 11.5 Å². The van der Waals surface area contributed by atoms with E-state index in [2.05, 4.69) is 9.97 Å². The lowest BCUT2D eigenvalue weighted by atomic mass is 10.2. The number of H-pyrrole nitrogens is 1. The van der Waals surface area contributed by atoms with Crippen molar-refractivity contribution in [3.63, 3.8) is 0 Å². The SMILES string of the molecule is Nc1cc(F)c(Oc2ccnc3[nH]cc(C(F)(F)F)c23)c(F)c1.